The zero-order valence-electron chi connectivity index (χ0n) is 9.79. The van der Waals surface area contributed by atoms with Gasteiger partial charge in [0.05, 0.1) is 12.7 Å². The summed E-state index contributed by atoms with van der Waals surface area (Å²) in [6.07, 6.45) is -0.0710. The molecule has 0 radical (unpaired) electrons. The molecule has 2 heterocycles. The maximum Gasteiger partial charge on any atom is 0.253 e. The number of nitrogen functional groups attached to an aromatic ring is 1. The van der Waals surface area contributed by atoms with Crippen LogP contribution in [-0.2, 0) is 14.8 Å². The Morgan fingerprint density at radius 1 is 1.53 bits per heavy atom. The Bertz CT molecular complexity index is 497. The van der Waals surface area contributed by atoms with Crippen LogP contribution < -0.4 is 5.73 Å². The smallest absolute Gasteiger partial charge is 0.253 e. The molecule has 2 unspecified atom stereocenters. The molecule has 2 atom stereocenters. The molecule has 0 bridgehead atoms. The van der Waals surface area contributed by atoms with Gasteiger partial charge in [-0.15, -0.1) is 11.3 Å². The van der Waals surface area contributed by atoms with Crippen LogP contribution in [-0.4, -0.2) is 38.0 Å². The van der Waals surface area contributed by atoms with E-state index in [9.17, 15) is 8.42 Å². The van der Waals surface area contributed by atoms with Crippen LogP contribution in [0.4, 0.5) is 5.69 Å². The number of rotatable bonds is 2. The first-order chi connectivity index (χ1) is 7.91. The van der Waals surface area contributed by atoms with Crippen LogP contribution in [0.5, 0.6) is 0 Å². The van der Waals surface area contributed by atoms with Crippen LogP contribution >= 0.6 is 11.3 Å². The van der Waals surface area contributed by atoms with Gasteiger partial charge in [-0.3, -0.25) is 0 Å². The molecule has 2 rings (SSSR count). The van der Waals surface area contributed by atoms with Crippen molar-refractivity contribution in [1.29, 1.82) is 0 Å². The number of hydrogen-bond donors (Lipinski definition) is 1. The molecule has 0 aliphatic carbocycles. The molecular formula is C10H16N2O3S2. The molecule has 1 aromatic heterocycles. The van der Waals surface area contributed by atoms with Gasteiger partial charge in [0.15, 0.2) is 0 Å². The average Bonchev–Trinajstić information content (AvgIpc) is 2.69. The Morgan fingerprint density at radius 2 is 2.24 bits per heavy atom. The quantitative estimate of drug-likeness (QED) is 0.879. The fourth-order valence-electron chi connectivity index (χ4n) is 1.79. The number of ether oxygens (including phenoxy) is 1. The molecule has 1 saturated heterocycles. The van der Waals surface area contributed by atoms with Gasteiger partial charge < -0.3 is 10.5 Å². The maximum atomic E-state index is 12.4. The Labute approximate surface area is 105 Å². The summed E-state index contributed by atoms with van der Waals surface area (Å²) in [5.41, 5.74) is 6.06. The fourth-order valence-corrected chi connectivity index (χ4v) is 4.69. The first kappa shape index (κ1) is 12.8. The van der Waals surface area contributed by atoms with Crippen LogP contribution in [0.2, 0.25) is 0 Å². The molecule has 96 valence electrons. The first-order valence-electron chi connectivity index (χ1n) is 5.38. The van der Waals surface area contributed by atoms with Crippen molar-refractivity contribution in [2.75, 3.05) is 18.9 Å². The van der Waals surface area contributed by atoms with E-state index < -0.39 is 10.0 Å². The van der Waals surface area contributed by atoms with Crippen molar-refractivity contribution in [2.24, 2.45) is 0 Å². The van der Waals surface area contributed by atoms with Crippen molar-refractivity contribution in [3.63, 3.8) is 0 Å². The SMILES string of the molecule is CC1CN(S(=O)(=O)c2cc(N)cs2)C(C)CO1. The van der Waals surface area contributed by atoms with Gasteiger partial charge in [0.2, 0.25) is 0 Å². The minimum absolute atomic E-state index is 0.0710. The second kappa shape index (κ2) is 4.56. The van der Waals surface area contributed by atoms with E-state index in [2.05, 4.69) is 0 Å². The predicted octanol–water partition coefficient (Wildman–Crippen LogP) is 1.13. The zero-order chi connectivity index (χ0) is 12.6. The van der Waals surface area contributed by atoms with Gasteiger partial charge in [-0.1, -0.05) is 0 Å². The summed E-state index contributed by atoms with van der Waals surface area (Å²) in [4.78, 5) is 0. The molecular weight excluding hydrogens is 260 g/mol. The molecule has 2 N–H and O–H groups in total. The van der Waals surface area contributed by atoms with Crippen LogP contribution in [0.25, 0.3) is 0 Å². The predicted molar refractivity (Wildman–Crippen MR) is 67.5 cm³/mol. The van der Waals surface area contributed by atoms with E-state index in [4.69, 9.17) is 10.5 Å². The summed E-state index contributed by atoms with van der Waals surface area (Å²) in [6.45, 7) is 4.54. The molecule has 17 heavy (non-hydrogen) atoms. The Morgan fingerprint density at radius 3 is 2.82 bits per heavy atom. The lowest BCUT2D eigenvalue weighted by Gasteiger charge is -2.35. The molecule has 1 aliphatic rings. The monoisotopic (exact) mass is 276 g/mol. The number of nitrogens with two attached hydrogens (primary N) is 1. The van der Waals surface area contributed by atoms with Gasteiger partial charge in [0.1, 0.15) is 4.21 Å². The molecule has 0 aromatic carbocycles. The summed E-state index contributed by atoms with van der Waals surface area (Å²) < 4.78 is 32.0. The van der Waals surface area contributed by atoms with E-state index in [1.165, 1.54) is 10.4 Å². The van der Waals surface area contributed by atoms with Gasteiger partial charge in [-0.2, -0.15) is 4.31 Å². The average molecular weight is 276 g/mol. The standard InChI is InChI=1S/C10H16N2O3S2/c1-7-5-15-8(2)4-12(7)17(13,14)10-3-9(11)6-16-10/h3,6-8H,4-5,11H2,1-2H3. The van der Waals surface area contributed by atoms with E-state index in [0.717, 1.165) is 11.3 Å². The third-order valence-corrected chi connectivity index (χ3v) is 6.12. The summed E-state index contributed by atoms with van der Waals surface area (Å²) >= 11 is 1.16. The first-order valence-corrected chi connectivity index (χ1v) is 7.70. The van der Waals surface area contributed by atoms with Crippen molar-refractivity contribution < 1.29 is 13.2 Å². The maximum absolute atomic E-state index is 12.4. The number of hydrogen-bond acceptors (Lipinski definition) is 5. The number of sulfonamides is 1. The highest BCUT2D eigenvalue weighted by Gasteiger charge is 2.34. The molecule has 5 nitrogen and oxygen atoms in total. The van der Waals surface area contributed by atoms with Crippen LogP contribution in [0, 0.1) is 0 Å². The summed E-state index contributed by atoms with van der Waals surface area (Å²) in [5, 5.41) is 1.64. The molecule has 0 saturated carbocycles. The Balaban J connectivity index is 2.31. The van der Waals surface area contributed by atoms with Crippen molar-refractivity contribution >= 4 is 27.0 Å². The van der Waals surface area contributed by atoms with Crippen molar-refractivity contribution in [3.05, 3.63) is 11.4 Å². The van der Waals surface area contributed by atoms with Crippen molar-refractivity contribution in [2.45, 2.75) is 30.2 Å². The van der Waals surface area contributed by atoms with Gasteiger partial charge in [-0.25, -0.2) is 8.42 Å². The minimum atomic E-state index is -3.43. The lowest BCUT2D eigenvalue weighted by atomic mass is 10.2. The van der Waals surface area contributed by atoms with Gasteiger partial charge in [0.25, 0.3) is 10.0 Å². The zero-order valence-corrected chi connectivity index (χ0v) is 11.4. The van der Waals surface area contributed by atoms with Crippen LogP contribution in [0.3, 0.4) is 0 Å². The highest BCUT2D eigenvalue weighted by molar-refractivity contribution is 7.91. The largest absolute Gasteiger partial charge is 0.398 e. The topological polar surface area (TPSA) is 72.6 Å². The molecule has 1 aromatic rings. The van der Waals surface area contributed by atoms with E-state index in [1.807, 2.05) is 13.8 Å². The highest BCUT2D eigenvalue weighted by Crippen LogP contribution is 2.28. The van der Waals surface area contributed by atoms with E-state index in [0.29, 0.717) is 23.0 Å². The summed E-state index contributed by atoms with van der Waals surface area (Å²) in [5.74, 6) is 0. The fraction of sp³-hybridized carbons (Fsp3) is 0.600. The lowest BCUT2D eigenvalue weighted by molar-refractivity contribution is -0.0170. The van der Waals surface area contributed by atoms with Gasteiger partial charge in [0, 0.05) is 23.7 Å². The molecule has 0 spiro atoms. The normalized spacial score (nSPS) is 27.2. The van der Waals surface area contributed by atoms with Crippen molar-refractivity contribution in [1.82, 2.24) is 4.31 Å². The Kier molecular flexibility index (Phi) is 3.44. The van der Waals surface area contributed by atoms with Crippen LogP contribution in [0.15, 0.2) is 15.7 Å². The number of anilines is 1. The number of nitrogens with zero attached hydrogens (tertiary/aromatic N) is 1. The summed E-state index contributed by atoms with van der Waals surface area (Å²) in [7, 11) is -3.43. The minimum Gasteiger partial charge on any atom is -0.398 e. The second-order valence-electron chi connectivity index (χ2n) is 4.27. The van der Waals surface area contributed by atoms with E-state index in [1.54, 1.807) is 5.38 Å². The molecule has 0 amide bonds. The highest BCUT2D eigenvalue weighted by atomic mass is 32.2. The van der Waals surface area contributed by atoms with E-state index >= 15 is 0 Å². The molecule has 7 heteroatoms. The Hall–Kier alpha value is -0.630. The number of morpholine rings is 1. The molecule has 1 fully saturated rings. The number of thiophene rings is 1. The summed E-state index contributed by atoms with van der Waals surface area (Å²) in [6, 6.07) is 1.37. The molecule has 1 aliphatic heterocycles. The van der Waals surface area contributed by atoms with Crippen LogP contribution in [0.1, 0.15) is 13.8 Å². The third kappa shape index (κ3) is 2.47. The van der Waals surface area contributed by atoms with E-state index in [-0.39, 0.29) is 12.1 Å². The van der Waals surface area contributed by atoms with Crippen molar-refractivity contribution in [3.8, 4) is 0 Å². The third-order valence-electron chi connectivity index (χ3n) is 2.71. The van der Waals surface area contributed by atoms with Gasteiger partial charge >= 0.3 is 0 Å². The van der Waals surface area contributed by atoms with Gasteiger partial charge in [-0.05, 0) is 19.9 Å². The lowest BCUT2D eigenvalue weighted by Crippen LogP contribution is -2.49. The second-order valence-corrected chi connectivity index (χ2v) is 7.30.